The maximum absolute atomic E-state index is 12.4. The van der Waals surface area contributed by atoms with Crippen LogP contribution in [0.25, 0.3) is 0 Å². The summed E-state index contributed by atoms with van der Waals surface area (Å²) in [6.45, 7) is 9.35. The average Bonchev–Trinajstić information content (AvgIpc) is 2.73. The molecule has 4 nitrogen and oxygen atoms in total. The zero-order valence-electron chi connectivity index (χ0n) is 13.4. The molecule has 1 heterocycles. The van der Waals surface area contributed by atoms with Crippen molar-refractivity contribution in [2.45, 2.75) is 39.9 Å². The Morgan fingerprint density at radius 3 is 2.38 bits per heavy atom. The first-order valence-corrected chi connectivity index (χ1v) is 7.50. The molecule has 1 saturated heterocycles. The normalized spacial score (nSPS) is 27.0. The van der Waals surface area contributed by atoms with Gasteiger partial charge in [0.1, 0.15) is 11.9 Å². The standard InChI is InChI=1S/C17H24N2O2/c1-16(2)15(17(16,3)4)19-13(20)10-18-14(19)11-8-6-7-9-12(11)21-5/h6-9,14-15,18H,10H2,1-5H3. The Kier molecular flexibility index (Phi) is 3.06. The Labute approximate surface area is 126 Å². The van der Waals surface area contributed by atoms with Crippen molar-refractivity contribution in [3.05, 3.63) is 29.8 Å². The van der Waals surface area contributed by atoms with Crippen LogP contribution in [-0.4, -0.2) is 30.5 Å². The lowest BCUT2D eigenvalue weighted by atomic mass is 10.0. The van der Waals surface area contributed by atoms with Gasteiger partial charge >= 0.3 is 0 Å². The van der Waals surface area contributed by atoms with Gasteiger partial charge in [0, 0.05) is 11.6 Å². The zero-order valence-corrected chi connectivity index (χ0v) is 13.4. The van der Waals surface area contributed by atoms with Crippen molar-refractivity contribution >= 4 is 5.91 Å². The van der Waals surface area contributed by atoms with Crippen LogP contribution in [0.5, 0.6) is 5.75 Å². The zero-order chi connectivity index (χ0) is 15.4. The van der Waals surface area contributed by atoms with Crippen LogP contribution in [-0.2, 0) is 4.79 Å². The molecule has 0 radical (unpaired) electrons. The third kappa shape index (κ3) is 1.89. The highest BCUT2D eigenvalue weighted by Crippen LogP contribution is 2.66. The lowest BCUT2D eigenvalue weighted by Crippen LogP contribution is -2.35. The van der Waals surface area contributed by atoms with Gasteiger partial charge in [-0.2, -0.15) is 0 Å². The van der Waals surface area contributed by atoms with Crippen molar-refractivity contribution in [2.24, 2.45) is 10.8 Å². The first kappa shape index (κ1) is 14.4. The van der Waals surface area contributed by atoms with Gasteiger partial charge in [0.25, 0.3) is 0 Å². The second-order valence-electron chi connectivity index (χ2n) is 7.17. The lowest BCUT2D eigenvalue weighted by molar-refractivity contribution is -0.129. The summed E-state index contributed by atoms with van der Waals surface area (Å²) in [5.41, 5.74) is 1.30. The van der Waals surface area contributed by atoms with Crippen LogP contribution in [0.15, 0.2) is 24.3 Å². The van der Waals surface area contributed by atoms with Gasteiger partial charge in [-0.15, -0.1) is 0 Å². The van der Waals surface area contributed by atoms with Crippen LogP contribution in [0.1, 0.15) is 39.4 Å². The minimum absolute atomic E-state index is 0.0975. The number of hydrogen-bond acceptors (Lipinski definition) is 3. The maximum atomic E-state index is 12.4. The molecule has 1 aliphatic heterocycles. The van der Waals surface area contributed by atoms with Crippen molar-refractivity contribution < 1.29 is 9.53 Å². The number of nitrogens with one attached hydrogen (secondary N) is 1. The predicted octanol–water partition coefficient (Wildman–Crippen LogP) is 2.56. The summed E-state index contributed by atoms with van der Waals surface area (Å²) in [5, 5.41) is 3.34. The number of hydrogen-bond donors (Lipinski definition) is 1. The summed E-state index contributed by atoms with van der Waals surface area (Å²) in [5.74, 6) is 1.00. The molecule has 1 N–H and O–H groups in total. The molecule has 0 bridgehead atoms. The SMILES string of the molecule is COc1ccccc1C1NCC(=O)N1C1C(C)(C)C1(C)C. The van der Waals surface area contributed by atoms with E-state index in [4.69, 9.17) is 4.74 Å². The number of carbonyl (C=O) groups excluding carboxylic acids is 1. The molecule has 1 aromatic rings. The van der Waals surface area contributed by atoms with Crippen molar-refractivity contribution in [1.82, 2.24) is 10.2 Å². The topological polar surface area (TPSA) is 41.6 Å². The minimum atomic E-state index is -0.0975. The molecule has 1 aliphatic carbocycles. The Morgan fingerprint density at radius 1 is 1.19 bits per heavy atom. The van der Waals surface area contributed by atoms with Crippen molar-refractivity contribution in [2.75, 3.05) is 13.7 Å². The average molecular weight is 288 g/mol. The second-order valence-corrected chi connectivity index (χ2v) is 7.17. The smallest absolute Gasteiger partial charge is 0.238 e. The number of methoxy groups -OCH3 is 1. The molecule has 0 spiro atoms. The maximum Gasteiger partial charge on any atom is 0.238 e. The molecule has 4 heteroatoms. The Balaban J connectivity index is 1.98. The summed E-state index contributed by atoms with van der Waals surface area (Å²) in [6.07, 6.45) is -0.0975. The molecular formula is C17H24N2O2. The molecule has 114 valence electrons. The van der Waals surface area contributed by atoms with E-state index in [1.807, 2.05) is 29.2 Å². The summed E-state index contributed by atoms with van der Waals surface area (Å²) >= 11 is 0. The number of carbonyl (C=O) groups is 1. The second kappa shape index (κ2) is 4.47. The Bertz CT molecular complexity index is 566. The predicted molar refractivity (Wildman–Crippen MR) is 81.9 cm³/mol. The first-order chi connectivity index (χ1) is 9.82. The Hall–Kier alpha value is -1.55. The molecule has 1 amide bonds. The highest BCUT2D eigenvalue weighted by Gasteiger charge is 2.69. The molecular weight excluding hydrogens is 264 g/mol. The molecule has 0 aromatic heterocycles. The number of amides is 1. The van der Waals surface area contributed by atoms with E-state index in [9.17, 15) is 4.79 Å². The number of rotatable bonds is 3. The van der Waals surface area contributed by atoms with Gasteiger partial charge < -0.3 is 9.64 Å². The fourth-order valence-corrected chi connectivity index (χ4v) is 3.82. The molecule has 1 saturated carbocycles. The van der Waals surface area contributed by atoms with Gasteiger partial charge in [-0.1, -0.05) is 45.9 Å². The van der Waals surface area contributed by atoms with E-state index < -0.39 is 0 Å². The summed E-state index contributed by atoms with van der Waals surface area (Å²) in [4.78, 5) is 14.5. The molecule has 2 aliphatic rings. The van der Waals surface area contributed by atoms with Crippen molar-refractivity contribution in [3.63, 3.8) is 0 Å². The molecule has 21 heavy (non-hydrogen) atoms. The fraction of sp³-hybridized carbons (Fsp3) is 0.588. The van der Waals surface area contributed by atoms with E-state index in [2.05, 4.69) is 33.0 Å². The van der Waals surface area contributed by atoms with Gasteiger partial charge in [-0.25, -0.2) is 0 Å². The quantitative estimate of drug-likeness (QED) is 0.929. The van der Waals surface area contributed by atoms with E-state index in [1.165, 1.54) is 0 Å². The van der Waals surface area contributed by atoms with Crippen LogP contribution in [0.4, 0.5) is 0 Å². The first-order valence-electron chi connectivity index (χ1n) is 7.50. The number of nitrogens with zero attached hydrogens (tertiary/aromatic N) is 1. The summed E-state index contributed by atoms with van der Waals surface area (Å²) in [7, 11) is 1.67. The van der Waals surface area contributed by atoms with E-state index >= 15 is 0 Å². The molecule has 3 rings (SSSR count). The van der Waals surface area contributed by atoms with E-state index in [-0.39, 0.29) is 28.9 Å². The van der Waals surface area contributed by atoms with Gasteiger partial charge in [0.05, 0.1) is 13.7 Å². The van der Waals surface area contributed by atoms with Crippen molar-refractivity contribution in [3.8, 4) is 5.75 Å². The van der Waals surface area contributed by atoms with Crippen molar-refractivity contribution in [1.29, 1.82) is 0 Å². The highest BCUT2D eigenvalue weighted by atomic mass is 16.5. The monoisotopic (exact) mass is 288 g/mol. The van der Waals surface area contributed by atoms with E-state index in [0.29, 0.717) is 6.54 Å². The lowest BCUT2D eigenvalue weighted by Gasteiger charge is -2.28. The van der Waals surface area contributed by atoms with Gasteiger partial charge in [0.15, 0.2) is 0 Å². The van der Waals surface area contributed by atoms with Crippen LogP contribution >= 0.6 is 0 Å². The van der Waals surface area contributed by atoms with Gasteiger partial charge in [-0.05, 0) is 16.9 Å². The van der Waals surface area contributed by atoms with E-state index in [1.54, 1.807) is 7.11 Å². The fourth-order valence-electron chi connectivity index (χ4n) is 3.82. The summed E-state index contributed by atoms with van der Waals surface area (Å²) in [6, 6.07) is 8.17. The van der Waals surface area contributed by atoms with Crippen LogP contribution in [0.3, 0.4) is 0 Å². The third-order valence-corrected chi connectivity index (χ3v) is 5.67. The summed E-state index contributed by atoms with van der Waals surface area (Å²) < 4.78 is 5.47. The minimum Gasteiger partial charge on any atom is -0.496 e. The number of ether oxygens (including phenoxy) is 1. The van der Waals surface area contributed by atoms with Crippen LogP contribution in [0.2, 0.25) is 0 Å². The van der Waals surface area contributed by atoms with E-state index in [0.717, 1.165) is 11.3 Å². The Morgan fingerprint density at radius 2 is 1.81 bits per heavy atom. The molecule has 1 unspecified atom stereocenters. The largest absolute Gasteiger partial charge is 0.496 e. The van der Waals surface area contributed by atoms with Crippen LogP contribution < -0.4 is 10.1 Å². The number of para-hydroxylation sites is 1. The molecule has 1 atom stereocenters. The van der Waals surface area contributed by atoms with Crippen LogP contribution in [0, 0.1) is 10.8 Å². The van der Waals surface area contributed by atoms with Gasteiger partial charge in [0.2, 0.25) is 5.91 Å². The molecule has 1 aromatic carbocycles. The number of benzene rings is 1. The third-order valence-electron chi connectivity index (χ3n) is 5.67. The van der Waals surface area contributed by atoms with Gasteiger partial charge in [-0.3, -0.25) is 10.1 Å². The highest BCUT2D eigenvalue weighted by molar-refractivity contribution is 5.82. The molecule has 2 fully saturated rings.